The number of carbonyl (C=O) groups is 2. The van der Waals surface area contributed by atoms with Crippen molar-refractivity contribution in [2.45, 2.75) is 24.9 Å². The molecule has 2 aliphatic rings. The first-order valence-corrected chi connectivity index (χ1v) is 11.3. The normalized spacial score (nSPS) is 23.1. The van der Waals surface area contributed by atoms with Crippen LogP contribution in [-0.2, 0) is 4.79 Å². The molecule has 2 aliphatic heterocycles. The summed E-state index contributed by atoms with van der Waals surface area (Å²) in [6.07, 6.45) is 2.38. The summed E-state index contributed by atoms with van der Waals surface area (Å²) < 4.78 is 0. The summed E-state index contributed by atoms with van der Waals surface area (Å²) in [5, 5.41) is 2.56. The number of likely N-dealkylation sites (tertiary alicyclic amines) is 1. The molecule has 0 saturated carbocycles. The fourth-order valence-electron chi connectivity index (χ4n) is 3.24. The van der Waals surface area contributed by atoms with Crippen LogP contribution in [0.15, 0.2) is 12.1 Å². The Hall–Kier alpha value is -0.700. The summed E-state index contributed by atoms with van der Waals surface area (Å²) in [7, 11) is 0. The van der Waals surface area contributed by atoms with Crippen molar-refractivity contribution in [1.29, 1.82) is 0 Å². The minimum absolute atomic E-state index is 0.113. The highest BCUT2D eigenvalue weighted by Gasteiger charge is 2.33. The Labute approximate surface area is 155 Å². The van der Waals surface area contributed by atoms with Gasteiger partial charge in [-0.15, -0.1) is 11.3 Å². The van der Waals surface area contributed by atoms with Gasteiger partial charge >= 0.3 is 0 Å². The maximum atomic E-state index is 12.1. The van der Waals surface area contributed by atoms with Crippen LogP contribution < -0.4 is 11.1 Å². The van der Waals surface area contributed by atoms with Gasteiger partial charge in [0.05, 0.1) is 11.4 Å². The number of nitrogens with two attached hydrogens (primary N) is 1. The van der Waals surface area contributed by atoms with Crippen LogP contribution in [0.1, 0.15) is 33.4 Å². The molecule has 1 atom stereocenters. The van der Waals surface area contributed by atoms with Gasteiger partial charge in [-0.05, 0) is 31.5 Å². The first-order chi connectivity index (χ1) is 11.6. The van der Waals surface area contributed by atoms with Crippen molar-refractivity contribution >= 4 is 46.7 Å². The van der Waals surface area contributed by atoms with Gasteiger partial charge in [-0.25, -0.2) is 0 Å². The first-order valence-electron chi connectivity index (χ1n) is 8.22. The molecule has 132 valence electrons. The molecule has 5 nitrogen and oxygen atoms in total. The molecule has 24 heavy (non-hydrogen) atoms. The van der Waals surface area contributed by atoms with Gasteiger partial charge in [0.2, 0.25) is 5.91 Å². The highest BCUT2D eigenvalue weighted by atomic mass is 32.2. The third kappa shape index (κ3) is 4.47. The number of primary amides is 1. The molecular formula is C16H23N3O2S3. The highest BCUT2D eigenvalue weighted by Crippen LogP contribution is 2.39. The fourth-order valence-corrected chi connectivity index (χ4v) is 6.90. The fraction of sp³-hybridized carbons (Fsp3) is 0.625. The molecule has 3 heterocycles. The Balaban J connectivity index is 1.66. The van der Waals surface area contributed by atoms with Crippen molar-refractivity contribution in [3.05, 3.63) is 21.9 Å². The monoisotopic (exact) mass is 385 g/mol. The van der Waals surface area contributed by atoms with Crippen LogP contribution in [0.5, 0.6) is 0 Å². The van der Waals surface area contributed by atoms with Gasteiger partial charge in [-0.3, -0.25) is 14.5 Å². The SMILES string of the molecule is NC(=O)CNC(=O)c1ccc(C2CCCN2C2CSCCSC2)s1. The van der Waals surface area contributed by atoms with E-state index >= 15 is 0 Å². The smallest absolute Gasteiger partial charge is 0.261 e. The molecule has 2 fully saturated rings. The van der Waals surface area contributed by atoms with E-state index in [1.165, 1.54) is 34.3 Å². The zero-order valence-corrected chi connectivity index (χ0v) is 16.0. The van der Waals surface area contributed by atoms with Crippen LogP contribution >= 0.6 is 34.9 Å². The molecular weight excluding hydrogens is 362 g/mol. The van der Waals surface area contributed by atoms with Crippen LogP contribution in [0.3, 0.4) is 0 Å². The molecule has 8 heteroatoms. The molecule has 0 aliphatic carbocycles. The zero-order chi connectivity index (χ0) is 16.9. The molecule has 0 spiro atoms. The van der Waals surface area contributed by atoms with E-state index in [0.717, 1.165) is 13.0 Å². The van der Waals surface area contributed by atoms with Gasteiger partial charge in [-0.1, -0.05) is 0 Å². The maximum Gasteiger partial charge on any atom is 0.261 e. The Morgan fingerprint density at radius 1 is 1.25 bits per heavy atom. The van der Waals surface area contributed by atoms with Crippen LogP contribution in [-0.4, -0.2) is 58.9 Å². The van der Waals surface area contributed by atoms with E-state index in [-0.39, 0.29) is 12.5 Å². The van der Waals surface area contributed by atoms with Crippen molar-refractivity contribution in [1.82, 2.24) is 10.2 Å². The second kappa shape index (κ2) is 8.60. The van der Waals surface area contributed by atoms with Crippen LogP contribution in [0, 0.1) is 0 Å². The van der Waals surface area contributed by atoms with Crippen molar-refractivity contribution in [3.8, 4) is 0 Å². The van der Waals surface area contributed by atoms with E-state index in [4.69, 9.17) is 5.73 Å². The summed E-state index contributed by atoms with van der Waals surface area (Å²) in [5.74, 6) is 4.19. The number of nitrogens with one attached hydrogen (secondary N) is 1. The number of hydrogen-bond donors (Lipinski definition) is 2. The van der Waals surface area contributed by atoms with E-state index < -0.39 is 5.91 Å². The predicted molar refractivity (Wildman–Crippen MR) is 103 cm³/mol. The number of thiophene rings is 1. The Morgan fingerprint density at radius 3 is 2.71 bits per heavy atom. The number of amides is 2. The van der Waals surface area contributed by atoms with Crippen molar-refractivity contribution < 1.29 is 9.59 Å². The lowest BCUT2D eigenvalue weighted by Gasteiger charge is -2.31. The molecule has 0 radical (unpaired) electrons. The van der Waals surface area contributed by atoms with Crippen molar-refractivity contribution in [2.24, 2.45) is 5.73 Å². The van der Waals surface area contributed by atoms with Crippen LogP contribution in [0.25, 0.3) is 0 Å². The highest BCUT2D eigenvalue weighted by molar-refractivity contribution is 8.03. The first kappa shape index (κ1) is 18.1. The molecule has 0 aromatic carbocycles. The molecule has 2 saturated heterocycles. The topological polar surface area (TPSA) is 75.4 Å². The second-order valence-electron chi connectivity index (χ2n) is 6.05. The van der Waals surface area contributed by atoms with E-state index in [2.05, 4.69) is 39.8 Å². The molecule has 3 N–H and O–H groups in total. The van der Waals surface area contributed by atoms with Gasteiger partial charge in [0.15, 0.2) is 0 Å². The number of nitrogens with zero attached hydrogens (tertiary/aromatic N) is 1. The minimum atomic E-state index is -0.523. The van der Waals surface area contributed by atoms with Gasteiger partial charge in [0, 0.05) is 40.0 Å². The largest absolute Gasteiger partial charge is 0.368 e. The number of rotatable bonds is 5. The summed E-state index contributed by atoms with van der Waals surface area (Å²) in [5.41, 5.74) is 5.08. The van der Waals surface area contributed by atoms with Crippen LogP contribution in [0.4, 0.5) is 0 Å². The van der Waals surface area contributed by atoms with E-state index in [1.807, 2.05) is 6.07 Å². The molecule has 3 rings (SSSR count). The van der Waals surface area contributed by atoms with Crippen molar-refractivity contribution in [3.63, 3.8) is 0 Å². The lowest BCUT2D eigenvalue weighted by molar-refractivity contribution is -0.117. The van der Waals surface area contributed by atoms with E-state index in [0.29, 0.717) is 17.0 Å². The molecule has 0 bridgehead atoms. The minimum Gasteiger partial charge on any atom is -0.368 e. The van der Waals surface area contributed by atoms with Gasteiger partial charge in [-0.2, -0.15) is 23.5 Å². The number of carbonyl (C=O) groups excluding carboxylic acids is 2. The molecule has 2 amide bonds. The average molecular weight is 386 g/mol. The van der Waals surface area contributed by atoms with E-state index in [9.17, 15) is 9.59 Å². The lowest BCUT2D eigenvalue weighted by Crippen LogP contribution is -2.38. The van der Waals surface area contributed by atoms with Crippen LogP contribution in [0.2, 0.25) is 0 Å². The van der Waals surface area contributed by atoms with Crippen molar-refractivity contribution in [2.75, 3.05) is 36.1 Å². The summed E-state index contributed by atoms with van der Waals surface area (Å²) in [4.78, 5) is 27.4. The lowest BCUT2D eigenvalue weighted by atomic mass is 10.1. The predicted octanol–water partition coefficient (Wildman–Crippen LogP) is 1.95. The summed E-state index contributed by atoms with van der Waals surface area (Å²) in [6, 6.07) is 4.99. The summed E-state index contributed by atoms with van der Waals surface area (Å²) >= 11 is 5.66. The third-order valence-corrected chi connectivity index (χ3v) is 8.03. The van der Waals surface area contributed by atoms with Gasteiger partial charge < -0.3 is 11.1 Å². The molecule has 1 aromatic heterocycles. The standard InChI is InChI=1S/C16H23N3O2S3/c17-15(20)8-18-16(21)14-4-3-13(24-14)12-2-1-5-19(12)11-9-22-6-7-23-10-11/h3-4,11-12H,1-2,5-10H2,(H2,17,20)(H,18,21). The summed E-state index contributed by atoms with van der Waals surface area (Å²) in [6.45, 7) is 1.04. The third-order valence-electron chi connectivity index (χ3n) is 4.36. The second-order valence-corrected chi connectivity index (χ2v) is 9.47. The van der Waals surface area contributed by atoms with E-state index in [1.54, 1.807) is 11.3 Å². The number of thioether (sulfide) groups is 2. The van der Waals surface area contributed by atoms with Gasteiger partial charge in [0.1, 0.15) is 0 Å². The Kier molecular flexibility index (Phi) is 6.49. The average Bonchev–Trinajstić information content (AvgIpc) is 3.16. The molecule has 1 unspecified atom stereocenters. The Bertz CT molecular complexity index is 585. The van der Waals surface area contributed by atoms with Gasteiger partial charge in [0.25, 0.3) is 5.91 Å². The maximum absolute atomic E-state index is 12.1. The molecule has 1 aromatic rings. The quantitative estimate of drug-likeness (QED) is 0.810. The Morgan fingerprint density at radius 2 is 2.00 bits per heavy atom. The zero-order valence-electron chi connectivity index (χ0n) is 13.5. The number of hydrogen-bond acceptors (Lipinski definition) is 6.